The lowest BCUT2D eigenvalue weighted by atomic mass is 9.99. The van der Waals surface area contributed by atoms with E-state index < -0.39 is 5.56 Å². The molecule has 9 heteroatoms. The number of aromatic nitrogens is 2. The average molecular weight is 451 g/mol. The Kier molecular flexibility index (Phi) is 5.34. The summed E-state index contributed by atoms with van der Waals surface area (Å²) in [5, 5.41) is 16.3. The van der Waals surface area contributed by atoms with E-state index in [0.29, 0.717) is 12.1 Å². The Bertz CT molecular complexity index is 1060. The molecular formula is C18H19BrN4O3S. The van der Waals surface area contributed by atoms with Crippen molar-refractivity contribution in [2.45, 2.75) is 25.8 Å². The van der Waals surface area contributed by atoms with E-state index in [1.165, 1.54) is 14.1 Å². The fraction of sp³-hybridized carbons (Fsp3) is 0.333. The molecule has 0 saturated carbocycles. The molecule has 0 spiro atoms. The standard InChI is InChI=1S/C18H19BrN4O3S/c1-4-14(24)23-13(10-5-7-11(19)8-6-10)9-12(20-23)15-16(25)21(2)18(27)22(3)17(15)26/h5-8,13,25H,4,9H2,1-3H3/t13-/m1/s1. The molecule has 1 aromatic carbocycles. The third-order valence-electron chi connectivity index (χ3n) is 4.65. The van der Waals surface area contributed by atoms with Crippen molar-refractivity contribution < 1.29 is 9.90 Å². The van der Waals surface area contributed by atoms with Crippen LogP contribution in [0.5, 0.6) is 5.88 Å². The summed E-state index contributed by atoms with van der Waals surface area (Å²) in [6.07, 6.45) is 0.611. The zero-order valence-electron chi connectivity index (χ0n) is 15.1. The van der Waals surface area contributed by atoms with Gasteiger partial charge in [-0.15, -0.1) is 0 Å². The van der Waals surface area contributed by atoms with Gasteiger partial charge in [0.2, 0.25) is 11.8 Å². The van der Waals surface area contributed by atoms with Gasteiger partial charge in [-0.25, -0.2) is 5.01 Å². The summed E-state index contributed by atoms with van der Waals surface area (Å²) >= 11 is 8.56. The number of carbonyl (C=O) groups is 1. The van der Waals surface area contributed by atoms with Crippen LogP contribution in [0.3, 0.4) is 0 Å². The number of hydrazone groups is 1. The molecule has 1 amide bonds. The molecule has 3 rings (SSSR count). The summed E-state index contributed by atoms with van der Waals surface area (Å²) in [5.74, 6) is -0.402. The number of hydrogen-bond acceptors (Lipinski definition) is 5. The largest absolute Gasteiger partial charge is 0.494 e. The minimum Gasteiger partial charge on any atom is -0.494 e. The van der Waals surface area contributed by atoms with Gasteiger partial charge in [-0.3, -0.25) is 18.7 Å². The molecule has 27 heavy (non-hydrogen) atoms. The molecular weight excluding hydrogens is 432 g/mol. The zero-order chi connectivity index (χ0) is 19.9. The van der Waals surface area contributed by atoms with Gasteiger partial charge in [-0.2, -0.15) is 5.10 Å². The first-order chi connectivity index (χ1) is 12.8. The van der Waals surface area contributed by atoms with Gasteiger partial charge in [0.05, 0.1) is 11.8 Å². The Morgan fingerprint density at radius 2 is 1.93 bits per heavy atom. The Labute approximate surface area is 169 Å². The number of benzene rings is 1. The van der Waals surface area contributed by atoms with E-state index >= 15 is 0 Å². The summed E-state index contributed by atoms with van der Waals surface area (Å²) in [6, 6.07) is 7.27. The third kappa shape index (κ3) is 3.37. The number of carbonyl (C=O) groups excluding carboxylic acids is 1. The van der Waals surface area contributed by atoms with Gasteiger partial charge < -0.3 is 5.11 Å². The van der Waals surface area contributed by atoms with Crippen LogP contribution >= 0.6 is 28.1 Å². The molecule has 0 fully saturated rings. The summed E-state index contributed by atoms with van der Waals surface area (Å²) in [7, 11) is 3.13. The highest BCUT2D eigenvalue weighted by Crippen LogP contribution is 2.34. The number of halogens is 1. The minimum absolute atomic E-state index is 0.0714. The highest BCUT2D eigenvalue weighted by Gasteiger charge is 2.35. The van der Waals surface area contributed by atoms with E-state index in [2.05, 4.69) is 21.0 Å². The Morgan fingerprint density at radius 3 is 2.52 bits per heavy atom. The van der Waals surface area contributed by atoms with E-state index in [4.69, 9.17) is 12.2 Å². The predicted molar refractivity (Wildman–Crippen MR) is 108 cm³/mol. The molecule has 1 aliphatic heterocycles. The van der Waals surface area contributed by atoms with Crippen molar-refractivity contribution in [3.63, 3.8) is 0 Å². The van der Waals surface area contributed by atoms with Crippen molar-refractivity contribution in [1.29, 1.82) is 0 Å². The summed E-state index contributed by atoms with van der Waals surface area (Å²) in [5.41, 5.74) is 0.907. The van der Waals surface area contributed by atoms with Crippen molar-refractivity contribution in [3.8, 4) is 5.88 Å². The van der Waals surface area contributed by atoms with Gasteiger partial charge in [0, 0.05) is 31.4 Å². The van der Waals surface area contributed by atoms with Gasteiger partial charge in [-0.1, -0.05) is 35.0 Å². The van der Waals surface area contributed by atoms with Crippen molar-refractivity contribution in [3.05, 3.63) is 55.0 Å². The van der Waals surface area contributed by atoms with Crippen LogP contribution in [0.15, 0.2) is 38.6 Å². The number of hydrogen-bond donors (Lipinski definition) is 1. The highest BCUT2D eigenvalue weighted by atomic mass is 79.9. The van der Waals surface area contributed by atoms with Crippen molar-refractivity contribution in [2.24, 2.45) is 19.2 Å². The van der Waals surface area contributed by atoms with Crippen LogP contribution in [0, 0.1) is 4.77 Å². The average Bonchev–Trinajstić information content (AvgIpc) is 3.09. The first kappa shape index (κ1) is 19.5. The van der Waals surface area contributed by atoms with Crippen LogP contribution in [0.25, 0.3) is 0 Å². The zero-order valence-corrected chi connectivity index (χ0v) is 17.5. The maximum atomic E-state index is 12.7. The molecule has 7 nitrogen and oxygen atoms in total. The van der Waals surface area contributed by atoms with E-state index in [1.807, 2.05) is 24.3 Å². The quantitative estimate of drug-likeness (QED) is 0.728. The second kappa shape index (κ2) is 7.40. The van der Waals surface area contributed by atoms with Crippen molar-refractivity contribution >= 4 is 39.8 Å². The SMILES string of the molecule is CCC(=O)N1N=C(c2c(O)n(C)c(=S)n(C)c2=O)C[C@@H]1c1ccc(Br)cc1. The van der Waals surface area contributed by atoms with Gasteiger partial charge in [0.25, 0.3) is 5.56 Å². The van der Waals surface area contributed by atoms with Crippen LogP contribution in [-0.4, -0.2) is 30.9 Å². The Balaban J connectivity index is 2.13. The summed E-state index contributed by atoms with van der Waals surface area (Å²) in [6.45, 7) is 1.76. The van der Waals surface area contributed by atoms with Crippen molar-refractivity contribution in [1.82, 2.24) is 14.1 Å². The third-order valence-corrected chi connectivity index (χ3v) is 5.72. The minimum atomic E-state index is -0.435. The van der Waals surface area contributed by atoms with Crippen molar-refractivity contribution in [2.75, 3.05) is 0 Å². The second-order valence-electron chi connectivity index (χ2n) is 6.31. The molecule has 1 N–H and O–H groups in total. The predicted octanol–water partition coefficient (Wildman–Crippen LogP) is 3.01. The van der Waals surface area contributed by atoms with E-state index in [0.717, 1.165) is 10.0 Å². The number of aromatic hydroxyl groups is 1. The molecule has 0 unspecified atom stereocenters. The van der Waals surface area contributed by atoms with Crippen LogP contribution in [0.2, 0.25) is 0 Å². The first-order valence-electron chi connectivity index (χ1n) is 8.40. The normalized spacial score (nSPS) is 16.5. The molecule has 1 aliphatic rings. The van der Waals surface area contributed by atoms with Crippen LogP contribution < -0.4 is 5.56 Å². The van der Waals surface area contributed by atoms with Crippen LogP contribution in [0.1, 0.15) is 36.9 Å². The fourth-order valence-electron chi connectivity index (χ4n) is 3.08. The molecule has 142 valence electrons. The van der Waals surface area contributed by atoms with Gasteiger partial charge in [-0.05, 0) is 29.9 Å². The number of nitrogens with zero attached hydrogens (tertiary/aromatic N) is 4. The summed E-state index contributed by atoms with van der Waals surface area (Å²) < 4.78 is 3.77. The molecule has 0 radical (unpaired) electrons. The highest BCUT2D eigenvalue weighted by molar-refractivity contribution is 9.10. The maximum absolute atomic E-state index is 12.7. The molecule has 0 aliphatic carbocycles. The van der Waals surface area contributed by atoms with E-state index in [1.54, 1.807) is 21.0 Å². The van der Waals surface area contributed by atoms with Gasteiger partial charge in [0.1, 0.15) is 5.56 Å². The van der Waals surface area contributed by atoms with E-state index in [9.17, 15) is 14.7 Å². The summed E-state index contributed by atoms with van der Waals surface area (Å²) in [4.78, 5) is 25.2. The lowest BCUT2D eigenvalue weighted by Gasteiger charge is -2.21. The van der Waals surface area contributed by atoms with Crippen LogP contribution in [0.4, 0.5) is 0 Å². The van der Waals surface area contributed by atoms with Crippen LogP contribution in [-0.2, 0) is 18.9 Å². The monoisotopic (exact) mass is 450 g/mol. The molecule has 0 bridgehead atoms. The van der Waals surface area contributed by atoms with Gasteiger partial charge in [0.15, 0.2) is 4.77 Å². The first-order valence-corrected chi connectivity index (χ1v) is 9.60. The maximum Gasteiger partial charge on any atom is 0.267 e. The topological polar surface area (TPSA) is 79.8 Å². The second-order valence-corrected chi connectivity index (χ2v) is 7.60. The Morgan fingerprint density at radius 1 is 1.30 bits per heavy atom. The number of rotatable bonds is 3. The molecule has 2 heterocycles. The molecule has 2 aromatic rings. The van der Waals surface area contributed by atoms with Gasteiger partial charge >= 0.3 is 0 Å². The molecule has 1 atom stereocenters. The Hall–Kier alpha value is -2.26. The lowest BCUT2D eigenvalue weighted by Crippen LogP contribution is -2.28. The molecule has 1 aromatic heterocycles. The fourth-order valence-corrected chi connectivity index (χ4v) is 3.52. The lowest BCUT2D eigenvalue weighted by molar-refractivity contribution is -0.132. The number of amides is 1. The smallest absolute Gasteiger partial charge is 0.267 e. The van der Waals surface area contributed by atoms with E-state index in [-0.39, 0.29) is 34.6 Å². The molecule has 0 saturated heterocycles.